The van der Waals surface area contributed by atoms with Gasteiger partial charge >= 0.3 is 0 Å². The van der Waals surface area contributed by atoms with Crippen molar-refractivity contribution in [2.24, 2.45) is 0 Å². The summed E-state index contributed by atoms with van der Waals surface area (Å²) in [5.41, 5.74) is 1.19. The molecule has 1 saturated heterocycles. The van der Waals surface area contributed by atoms with Crippen LogP contribution in [0.5, 0.6) is 5.88 Å². The Labute approximate surface area is 114 Å². The Morgan fingerprint density at radius 3 is 3.00 bits per heavy atom. The first kappa shape index (κ1) is 13.4. The average Bonchev–Trinajstić information content (AvgIpc) is 2.65. The van der Waals surface area contributed by atoms with E-state index in [9.17, 15) is 0 Å². The first-order chi connectivity index (χ1) is 8.83. The van der Waals surface area contributed by atoms with E-state index in [0.29, 0.717) is 11.8 Å². The largest absolute Gasteiger partial charge is 0.481 e. The number of methoxy groups -OCH3 is 1. The molecular weight excluding hydrogens is 250 g/mol. The number of alkyl halides is 1. The van der Waals surface area contributed by atoms with Crippen LogP contribution in [0.1, 0.15) is 6.42 Å². The highest BCUT2D eigenvalue weighted by atomic mass is 35.5. The fourth-order valence-electron chi connectivity index (χ4n) is 2.28. The van der Waals surface area contributed by atoms with Crippen LogP contribution in [0.25, 0.3) is 0 Å². The second-order valence-corrected chi connectivity index (χ2v) is 4.81. The minimum absolute atomic E-state index is 0.675. The third kappa shape index (κ3) is 3.50. The van der Waals surface area contributed by atoms with Crippen LogP contribution in [0.15, 0.2) is 18.3 Å². The summed E-state index contributed by atoms with van der Waals surface area (Å²) in [7, 11) is 1.65. The lowest BCUT2D eigenvalue weighted by Crippen LogP contribution is -2.31. The van der Waals surface area contributed by atoms with Gasteiger partial charge in [0.05, 0.1) is 7.11 Å². The molecule has 1 fully saturated rings. The summed E-state index contributed by atoms with van der Waals surface area (Å²) in [6, 6.07) is 4.04. The fourth-order valence-corrected chi connectivity index (χ4v) is 2.52. The molecule has 0 saturated carbocycles. The maximum absolute atomic E-state index is 5.80. The third-order valence-corrected chi connectivity index (χ3v) is 3.45. The monoisotopic (exact) mass is 269 g/mol. The number of halogens is 1. The molecule has 5 heteroatoms. The smallest absolute Gasteiger partial charge is 0.214 e. The molecule has 18 heavy (non-hydrogen) atoms. The normalized spacial score (nSPS) is 17.6. The Morgan fingerprint density at radius 2 is 2.22 bits per heavy atom. The van der Waals surface area contributed by atoms with Crippen molar-refractivity contribution in [1.82, 2.24) is 9.88 Å². The minimum atomic E-state index is 0.675. The van der Waals surface area contributed by atoms with Crippen LogP contribution in [0.3, 0.4) is 0 Å². The highest BCUT2D eigenvalue weighted by Crippen LogP contribution is 2.19. The Kier molecular flexibility index (Phi) is 5.08. The van der Waals surface area contributed by atoms with E-state index in [0.717, 1.165) is 32.7 Å². The van der Waals surface area contributed by atoms with Crippen molar-refractivity contribution in [2.45, 2.75) is 6.42 Å². The molecule has 0 bridgehead atoms. The molecule has 0 aliphatic carbocycles. The molecule has 1 aromatic rings. The Balaban J connectivity index is 2.00. The van der Waals surface area contributed by atoms with Crippen molar-refractivity contribution in [3.05, 3.63) is 18.3 Å². The predicted molar refractivity (Wildman–Crippen MR) is 74.8 cm³/mol. The van der Waals surface area contributed by atoms with Gasteiger partial charge in [-0.2, -0.15) is 0 Å². The van der Waals surface area contributed by atoms with Crippen molar-refractivity contribution in [3.63, 3.8) is 0 Å². The first-order valence-corrected chi connectivity index (χ1v) is 6.90. The predicted octanol–water partition coefficient (Wildman–Crippen LogP) is 1.84. The summed E-state index contributed by atoms with van der Waals surface area (Å²) in [5.74, 6) is 1.39. The maximum atomic E-state index is 5.80. The molecule has 1 aliphatic heterocycles. The highest BCUT2D eigenvalue weighted by molar-refractivity contribution is 6.18. The van der Waals surface area contributed by atoms with Gasteiger partial charge in [-0.05, 0) is 19.0 Å². The van der Waals surface area contributed by atoms with Gasteiger partial charge in [0.2, 0.25) is 5.88 Å². The SMILES string of the molecule is COc1cc(N2CCCN(CCCl)CC2)ccn1. The molecule has 0 unspecified atom stereocenters. The molecule has 0 N–H and O–H groups in total. The summed E-state index contributed by atoms with van der Waals surface area (Å²) in [6.07, 6.45) is 2.97. The summed E-state index contributed by atoms with van der Waals surface area (Å²) in [5, 5.41) is 0. The van der Waals surface area contributed by atoms with Gasteiger partial charge in [-0.15, -0.1) is 11.6 Å². The van der Waals surface area contributed by atoms with Crippen LogP contribution in [0.2, 0.25) is 0 Å². The summed E-state index contributed by atoms with van der Waals surface area (Å²) in [6.45, 7) is 5.29. The van der Waals surface area contributed by atoms with Gasteiger partial charge in [-0.25, -0.2) is 4.98 Å². The number of hydrogen-bond acceptors (Lipinski definition) is 4. The zero-order valence-electron chi connectivity index (χ0n) is 10.8. The maximum Gasteiger partial charge on any atom is 0.214 e. The van der Waals surface area contributed by atoms with Gasteiger partial charge in [0, 0.05) is 50.0 Å². The summed E-state index contributed by atoms with van der Waals surface area (Å²) in [4.78, 5) is 8.95. The number of rotatable bonds is 4. The molecule has 4 nitrogen and oxygen atoms in total. The Morgan fingerprint density at radius 1 is 1.33 bits per heavy atom. The molecule has 0 spiro atoms. The fraction of sp³-hybridized carbons (Fsp3) is 0.615. The number of pyridine rings is 1. The van der Waals surface area contributed by atoms with E-state index < -0.39 is 0 Å². The molecule has 2 rings (SSSR count). The van der Waals surface area contributed by atoms with Crippen LogP contribution in [-0.2, 0) is 0 Å². The molecular formula is C13H20ClN3O. The highest BCUT2D eigenvalue weighted by Gasteiger charge is 2.15. The second kappa shape index (κ2) is 6.81. The third-order valence-electron chi connectivity index (χ3n) is 3.28. The van der Waals surface area contributed by atoms with E-state index in [1.54, 1.807) is 13.3 Å². The average molecular weight is 270 g/mol. The summed E-state index contributed by atoms with van der Waals surface area (Å²) < 4.78 is 5.17. The lowest BCUT2D eigenvalue weighted by atomic mass is 10.3. The number of anilines is 1. The van der Waals surface area contributed by atoms with Crippen LogP contribution in [-0.4, -0.2) is 55.6 Å². The van der Waals surface area contributed by atoms with Gasteiger partial charge in [-0.1, -0.05) is 0 Å². The zero-order chi connectivity index (χ0) is 12.8. The Hall–Kier alpha value is -1.00. The summed E-state index contributed by atoms with van der Waals surface area (Å²) >= 11 is 5.80. The van der Waals surface area contributed by atoms with Crippen molar-refractivity contribution in [3.8, 4) is 5.88 Å². The number of ether oxygens (including phenoxy) is 1. The number of hydrogen-bond donors (Lipinski definition) is 0. The van der Waals surface area contributed by atoms with Crippen LogP contribution in [0, 0.1) is 0 Å². The number of aromatic nitrogens is 1. The lowest BCUT2D eigenvalue weighted by Gasteiger charge is -2.23. The van der Waals surface area contributed by atoms with Crippen LogP contribution >= 0.6 is 11.6 Å². The topological polar surface area (TPSA) is 28.6 Å². The van der Waals surface area contributed by atoms with Gasteiger partial charge in [0.1, 0.15) is 0 Å². The van der Waals surface area contributed by atoms with Crippen molar-refractivity contribution in [2.75, 3.05) is 50.6 Å². The van der Waals surface area contributed by atoms with Gasteiger partial charge in [0.15, 0.2) is 0 Å². The molecule has 0 atom stereocenters. The van der Waals surface area contributed by atoms with Crippen molar-refractivity contribution in [1.29, 1.82) is 0 Å². The molecule has 1 aliphatic rings. The quantitative estimate of drug-likeness (QED) is 0.780. The zero-order valence-corrected chi connectivity index (χ0v) is 11.6. The van der Waals surface area contributed by atoms with E-state index >= 15 is 0 Å². The lowest BCUT2D eigenvalue weighted by molar-refractivity contribution is 0.311. The van der Waals surface area contributed by atoms with Crippen LogP contribution < -0.4 is 9.64 Å². The van der Waals surface area contributed by atoms with Gasteiger partial charge in [0.25, 0.3) is 0 Å². The standard InChI is InChI=1S/C13H20ClN3O/c1-18-13-11-12(3-5-15-13)17-7-2-6-16(8-4-14)9-10-17/h3,5,11H,2,4,6-10H2,1H3. The van der Waals surface area contributed by atoms with Crippen molar-refractivity contribution >= 4 is 17.3 Å². The van der Waals surface area contributed by atoms with Gasteiger partial charge < -0.3 is 14.5 Å². The van der Waals surface area contributed by atoms with Gasteiger partial charge in [-0.3, -0.25) is 0 Å². The molecule has 2 heterocycles. The van der Waals surface area contributed by atoms with E-state index in [1.807, 2.05) is 12.1 Å². The van der Waals surface area contributed by atoms with E-state index in [-0.39, 0.29) is 0 Å². The van der Waals surface area contributed by atoms with Crippen LogP contribution in [0.4, 0.5) is 5.69 Å². The minimum Gasteiger partial charge on any atom is -0.481 e. The first-order valence-electron chi connectivity index (χ1n) is 6.37. The second-order valence-electron chi connectivity index (χ2n) is 4.43. The number of nitrogens with zero attached hydrogens (tertiary/aromatic N) is 3. The van der Waals surface area contributed by atoms with E-state index in [2.05, 4.69) is 14.8 Å². The molecule has 0 aromatic carbocycles. The van der Waals surface area contributed by atoms with E-state index in [1.165, 1.54) is 12.1 Å². The molecule has 0 amide bonds. The molecule has 100 valence electrons. The Bertz CT molecular complexity index is 375. The van der Waals surface area contributed by atoms with Crippen molar-refractivity contribution < 1.29 is 4.74 Å². The molecule has 0 radical (unpaired) electrons. The molecule has 1 aromatic heterocycles. The van der Waals surface area contributed by atoms with E-state index in [4.69, 9.17) is 16.3 Å².